The zero-order chi connectivity index (χ0) is 20.6. The molecule has 3 rings (SSSR count). The first-order valence-electron chi connectivity index (χ1n) is 8.89. The van der Waals surface area contributed by atoms with Crippen molar-refractivity contribution in [2.45, 2.75) is 6.42 Å². The van der Waals surface area contributed by atoms with E-state index < -0.39 is 5.97 Å². The number of halogens is 1. The summed E-state index contributed by atoms with van der Waals surface area (Å²) in [6, 6.07) is 21.6. The second-order valence-electron chi connectivity index (χ2n) is 6.19. The summed E-state index contributed by atoms with van der Waals surface area (Å²) in [4.78, 5) is 24.3. The zero-order valence-electron chi connectivity index (χ0n) is 15.7. The molecular weight excluding hydrogens is 386 g/mol. The molecule has 1 amide bonds. The van der Waals surface area contributed by atoms with Gasteiger partial charge in [0.2, 0.25) is 5.91 Å². The summed E-state index contributed by atoms with van der Waals surface area (Å²) in [6.45, 7) is 0. The largest absolute Gasteiger partial charge is 0.465 e. The van der Waals surface area contributed by atoms with Crippen molar-refractivity contribution in [3.8, 4) is 11.8 Å². The highest BCUT2D eigenvalue weighted by Crippen LogP contribution is 2.19. The third-order valence-electron chi connectivity index (χ3n) is 4.12. The van der Waals surface area contributed by atoms with E-state index in [9.17, 15) is 9.59 Å². The molecule has 0 atom stereocenters. The van der Waals surface area contributed by atoms with Crippen LogP contribution in [0.15, 0.2) is 72.8 Å². The van der Waals surface area contributed by atoms with Crippen molar-refractivity contribution in [2.24, 2.45) is 0 Å². The summed E-state index contributed by atoms with van der Waals surface area (Å²) >= 11 is 6.25. The minimum absolute atomic E-state index is 0.118. The average Bonchev–Trinajstić information content (AvgIpc) is 2.74. The highest BCUT2D eigenvalue weighted by molar-refractivity contribution is 6.31. The predicted molar refractivity (Wildman–Crippen MR) is 114 cm³/mol. The van der Waals surface area contributed by atoms with Gasteiger partial charge in [-0.25, -0.2) is 4.79 Å². The van der Waals surface area contributed by atoms with Gasteiger partial charge in [0.05, 0.1) is 29.8 Å². The van der Waals surface area contributed by atoms with Crippen molar-refractivity contribution in [3.63, 3.8) is 0 Å². The summed E-state index contributed by atoms with van der Waals surface area (Å²) in [5.41, 5.74) is 3.00. The number of esters is 1. The lowest BCUT2D eigenvalue weighted by molar-refractivity contribution is -0.115. The maximum atomic E-state index is 12.5. The summed E-state index contributed by atoms with van der Waals surface area (Å²) in [5.74, 6) is 5.34. The van der Waals surface area contributed by atoms with Crippen LogP contribution in [0.3, 0.4) is 0 Å². The Balaban J connectivity index is 1.75. The van der Waals surface area contributed by atoms with E-state index in [4.69, 9.17) is 16.3 Å². The maximum absolute atomic E-state index is 12.5. The molecule has 5 heteroatoms. The van der Waals surface area contributed by atoms with Gasteiger partial charge in [0.1, 0.15) is 0 Å². The van der Waals surface area contributed by atoms with Crippen LogP contribution in [0.4, 0.5) is 5.69 Å². The van der Waals surface area contributed by atoms with E-state index in [1.54, 1.807) is 42.5 Å². The Bertz CT molecular complexity index is 1100. The molecule has 0 heterocycles. The smallest absolute Gasteiger partial charge is 0.339 e. The second kappa shape index (κ2) is 9.59. The first-order chi connectivity index (χ1) is 14.1. The van der Waals surface area contributed by atoms with E-state index >= 15 is 0 Å². The molecule has 0 aromatic heterocycles. The van der Waals surface area contributed by atoms with Crippen molar-refractivity contribution in [3.05, 3.63) is 100 Å². The SMILES string of the molecule is COC(=O)c1ccccc1NC(=O)Cc1ccc(Cl)c(C#Cc2ccccc2)c1. The molecule has 0 aliphatic carbocycles. The van der Waals surface area contributed by atoms with Gasteiger partial charge in [0, 0.05) is 11.1 Å². The number of rotatable bonds is 4. The van der Waals surface area contributed by atoms with E-state index in [1.807, 2.05) is 30.3 Å². The van der Waals surface area contributed by atoms with Crippen molar-refractivity contribution in [2.75, 3.05) is 12.4 Å². The van der Waals surface area contributed by atoms with Gasteiger partial charge in [0.15, 0.2) is 0 Å². The molecular formula is C24H18ClNO3. The highest BCUT2D eigenvalue weighted by atomic mass is 35.5. The van der Waals surface area contributed by atoms with E-state index in [-0.39, 0.29) is 12.3 Å². The minimum atomic E-state index is -0.508. The quantitative estimate of drug-likeness (QED) is 0.507. The molecule has 0 saturated heterocycles. The molecule has 3 aromatic rings. The summed E-state index contributed by atoms with van der Waals surface area (Å²) in [5, 5.41) is 3.28. The number of para-hydroxylation sites is 1. The first kappa shape index (κ1) is 20.2. The minimum Gasteiger partial charge on any atom is -0.465 e. The topological polar surface area (TPSA) is 55.4 Å². The second-order valence-corrected chi connectivity index (χ2v) is 6.60. The van der Waals surface area contributed by atoms with Gasteiger partial charge in [-0.05, 0) is 42.0 Å². The number of carbonyl (C=O) groups excluding carboxylic acids is 2. The number of anilines is 1. The third-order valence-corrected chi connectivity index (χ3v) is 4.45. The van der Waals surface area contributed by atoms with Crippen LogP contribution in [0.1, 0.15) is 27.0 Å². The summed E-state index contributed by atoms with van der Waals surface area (Å²) < 4.78 is 4.75. The zero-order valence-corrected chi connectivity index (χ0v) is 16.5. The standard InChI is InChI=1S/C24H18ClNO3/c1-29-24(28)20-9-5-6-10-22(20)26-23(27)16-18-12-14-21(25)19(15-18)13-11-17-7-3-2-4-8-17/h2-10,12,14-15H,16H2,1H3,(H,26,27). The van der Waals surface area contributed by atoms with E-state index in [2.05, 4.69) is 17.2 Å². The van der Waals surface area contributed by atoms with Gasteiger partial charge in [-0.15, -0.1) is 0 Å². The summed E-state index contributed by atoms with van der Waals surface area (Å²) in [7, 11) is 1.30. The lowest BCUT2D eigenvalue weighted by Gasteiger charge is -2.10. The fourth-order valence-electron chi connectivity index (χ4n) is 2.70. The van der Waals surface area contributed by atoms with Crippen molar-refractivity contribution >= 4 is 29.2 Å². The Morgan fingerprint density at radius 3 is 2.45 bits per heavy atom. The van der Waals surface area contributed by atoms with Gasteiger partial charge in [0.25, 0.3) is 0 Å². The molecule has 0 unspecified atom stereocenters. The summed E-state index contributed by atoms with van der Waals surface area (Å²) in [6.07, 6.45) is 0.118. The van der Waals surface area contributed by atoms with E-state index in [0.29, 0.717) is 21.8 Å². The molecule has 0 aliphatic heterocycles. The van der Waals surface area contributed by atoms with Crippen molar-refractivity contribution < 1.29 is 14.3 Å². The Kier molecular flexibility index (Phi) is 6.67. The number of methoxy groups -OCH3 is 1. The fraction of sp³-hybridized carbons (Fsp3) is 0.0833. The lowest BCUT2D eigenvalue weighted by atomic mass is 10.1. The lowest BCUT2D eigenvalue weighted by Crippen LogP contribution is -2.17. The van der Waals surface area contributed by atoms with Crippen LogP contribution < -0.4 is 5.32 Å². The number of amides is 1. The number of carbonyl (C=O) groups is 2. The van der Waals surface area contributed by atoms with Gasteiger partial charge in [-0.2, -0.15) is 0 Å². The highest BCUT2D eigenvalue weighted by Gasteiger charge is 2.13. The van der Waals surface area contributed by atoms with E-state index in [0.717, 1.165) is 11.1 Å². The molecule has 1 N–H and O–H groups in total. The van der Waals surface area contributed by atoms with Crippen LogP contribution in [0.5, 0.6) is 0 Å². The molecule has 0 spiro atoms. The first-order valence-corrected chi connectivity index (χ1v) is 9.27. The van der Waals surface area contributed by atoms with E-state index in [1.165, 1.54) is 7.11 Å². The Hall–Kier alpha value is -3.55. The van der Waals surface area contributed by atoms with Crippen LogP contribution in [-0.4, -0.2) is 19.0 Å². The van der Waals surface area contributed by atoms with Crippen molar-refractivity contribution in [1.29, 1.82) is 0 Å². The monoisotopic (exact) mass is 403 g/mol. The average molecular weight is 404 g/mol. The normalized spacial score (nSPS) is 9.86. The van der Waals surface area contributed by atoms with Crippen LogP contribution in [0.2, 0.25) is 5.02 Å². The van der Waals surface area contributed by atoms with Crippen LogP contribution in [-0.2, 0) is 16.0 Å². The fourth-order valence-corrected chi connectivity index (χ4v) is 2.86. The molecule has 0 aliphatic rings. The molecule has 29 heavy (non-hydrogen) atoms. The number of hydrogen-bond donors (Lipinski definition) is 1. The molecule has 3 aromatic carbocycles. The maximum Gasteiger partial charge on any atom is 0.339 e. The van der Waals surface area contributed by atoms with Crippen LogP contribution >= 0.6 is 11.6 Å². The number of benzene rings is 3. The third kappa shape index (κ3) is 5.47. The van der Waals surface area contributed by atoms with Gasteiger partial charge >= 0.3 is 5.97 Å². The Morgan fingerprint density at radius 2 is 1.69 bits per heavy atom. The molecule has 0 fully saturated rings. The molecule has 0 saturated carbocycles. The number of hydrogen-bond acceptors (Lipinski definition) is 3. The van der Waals surface area contributed by atoms with Gasteiger partial charge < -0.3 is 10.1 Å². The number of nitrogens with one attached hydrogen (secondary N) is 1. The van der Waals surface area contributed by atoms with Crippen molar-refractivity contribution in [1.82, 2.24) is 0 Å². The van der Waals surface area contributed by atoms with Crippen LogP contribution in [0.25, 0.3) is 0 Å². The Morgan fingerprint density at radius 1 is 0.966 bits per heavy atom. The predicted octanol–water partition coefficient (Wildman–Crippen LogP) is 4.71. The van der Waals surface area contributed by atoms with Crippen LogP contribution in [0, 0.1) is 11.8 Å². The molecule has 0 bridgehead atoms. The number of ether oxygens (including phenoxy) is 1. The van der Waals surface area contributed by atoms with Gasteiger partial charge in [-0.3, -0.25) is 4.79 Å². The van der Waals surface area contributed by atoms with Gasteiger partial charge in [-0.1, -0.05) is 59.8 Å². The molecule has 144 valence electrons. The molecule has 0 radical (unpaired) electrons. The molecule has 4 nitrogen and oxygen atoms in total. The Labute approximate surface area is 174 Å².